The van der Waals surface area contributed by atoms with E-state index >= 15 is 0 Å². The molecule has 0 radical (unpaired) electrons. The van der Waals surface area contributed by atoms with Crippen molar-refractivity contribution in [2.24, 2.45) is 0 Å². The number of nitrogens with zero attached hydrogens (tertiary/aromatic N) is 5. The highest BCUT2D eigenvalue weighted by Gasteiger charge is 2.24. The largest absolute Gasteiger partial charge is 0.367 e. The van der Waals surface area contributed by atoms with E-state index in [-0.39, 0.29) is 23.7 Å². The van der Waals surface area contributed by atoms with Crippen LogP contribution in [-0.2, 0) is 0 Å². The van der Waals surface area contributed by atoms with Crippen LogP contribution in [0.3, 0.4) is 0 Å². The van der Waals surface area contributed by atoms with Gasteiger partial charge < -0.3 is 10.2 Å². The zero-order valence-corrected chi connectivity index (χ0v) is 9.54. The average Bonchev–Trinajstić information content (AvgIpc) is 2.34. The molecule has 0 spiro atoms. The smallest absolute Gasteiger partial charge is 0.353 e. The molecule has 1 rings (SSSR count). The Balaban J connectivity index is 3.14. The van der Waals surface area contributed by atoms with E-state index in [0.29, 0.717) is 6.54 Å². The van der Waals surface area contributed by atoms with Crippen LogP contribution >= 0.6 is 0 Å². The third kappa shape index (κ3) is 2.78. The van der Waals surface area contributed by atoms with Gasteiger partial charge in [0.25, 0.3) is 0 Å². The number of hydrogen-bond donors (Lipinski definition) is 1. The molecule has 0 aliphatic carbocycles. The van der Waals surface area contributed by atoms with Gasteiger partial charge >= 0.3 is 5.69 Å². The Morgan fingerprint density at radius 1 is 1.65 bits per heavy atom. The summed E-state index contributed by atoms with van der Waals surface area (Å²) in [6, 6.07) is 1.98. The summed E-state index contributed by atoms with van der Waals surface area (Å²) in [6.07, 6.45) is 1.52. The average molecular weight is 236 g/mol. The number of nitrogens with one attached hydrogen (secondary N) is 1. The van der Waals surface area contributed by atoms with Crippen LogP contribution in [0.1, 0.15) is 6.42 Å². The van der Waals surface area contributed by atoms with Crippen LogP contribution in [0, 0.1) is 21.4 Å². The monoisotopic (exact) mass is 236 g/mol. The molecule has 0 aliphatic heterocycles. The Morgan fingerprint density at radius 3 is 2.88 bits per heavy atom. The highest BCUT2D eigenvalue weighted by Crippen LogP contribution is 2.30. The number of nitriles is 1. The Kier molecular flexibility index (Phi) is 4.16. The highest BCUT2D eigenvalue weighted by atomic mass is 16.6. The molecule has 0 unspecified atom stereocenters. The number of aromatic nitrogens is 2. The summed E-state index contributed by atoms with van der Waals surface area (Å²) >= 11 is 0. The van der Waals surface area contributed by atoms with Crippen molar-refractivity contribution in [1.82, 2.24) is 9.97 Å². The molecule has 0 saturated carbocycles. The normalized spacial score (nSPS) is 9.47. The molecular formula is C9H12N6O2. The molecule has 8 heteroatoms. The summed E-state index contributed by atoms with van der Waals surface area (Å²) < 4.78 is 0. The topological polar surface area (TPSA) is 108 Å². The molecule has 0 bridgehead atoms. The lowest BCUT2D eigenvalue weighted by molar-refractivity contribution is -0.383. The van der Waals surface area contributed by atoms with Crippen LogP contribution < -0.4 is 10.2 Å². The Labute approximate surface area is 98.1 Å². The summed E-state index contributed by atoms with van der Waals surface area (Å²) in [6.45, 7) is 0.373. The third-order valence-corrected chi connectivity index (χ3v) is 2.14. The fourth-order valence-corrected chi connectivity index (χ4v) is 1.32. The molecule has 1 heterocycles. The first kappa shape index (κ1) is 12.6. The van der Waals surface area contributed by atoms with Crippen LogP contribution in [0.25, 0.3) is 0 Å². The van der Waals surface area contributed by atoms with Gasteiger partial charge in [-0.2, -0.15) is 5.26 Å². The summed E-state index contributed by atoms with van der Waals surface area (Å²) in [5.74, 6) is 0.355. The molecule has 0 amide bonds. The Hall–Kier alpha value is -2.43. The molecule has 1 N–H and O–H groups in total. The van der Waals surface area contributed by atoms with E-state index < -0.39 is 4.92 Å². The highest BCUT2D eigenvalue weighted by molar-refractivity contribution is 5.69. The lowest BCUT2D eigenvalue weighted by atomic mass is 10.3. The van der Waals surface area contributed by atoms with Crippen molar-refractivity contribution in [1.29, 1.82) is 5.26 Å². The zero-order chi connectivity index (χ0) is 12.8. The van der Waals surface area contributed by atoms with Gasteiger partial charge in [0.1, 0.15) is 6.33 Å². The molecule has 1 aromatic heterocycles. The number of nitro groups is 1. The standard InChI is InChI=1S/C9H12N6O2/c1-11-8-7(15(16)17)9(13-6-12-8)14(2)5-3-4-10/h6H,3,5H2,1-2H3,(H,11,12,13). The molecule has 8 nitrogen and oxygen atoms in total. The first-order valence-electron chi connectivity index (χ1n) is 4.87. The van der Waals surface area contributed by atoms with Crippen molar-refractivity contribution in [2.75, 3.05) is 30.9 Å². The van der Waals surface area contributed by atoms with Crippen LogP contribution in [0.4, 0.5) is 17.3 Å². The summed E-state index contributed by atoms with van der Waals surface area (Å²) in [5.41, 5.74) is -0.185. The van der Waals surface area contributed by atoms with Gasteiger partial charge in [-0.25, -0.2) is 9.97 Å². The Morgan fingerprint density at radius 2 is 2.35 bits per heavy atom. The second-order valence-corrected chi connectivity index (χ2v) is 3.23. The van der Waals surface area contributed by atoms with Crippen LogP contribution in [0.5, 0.6) is 0 Å². The molecule has 0 fully saturated rings. The predicted octanol–water partition coefficient (Wildman–Crippen LogP) is 0.776. The van der Waals surface area contributed by atoms with Gasteiger partial charge in [0.05, 0.1) is 17.4 Å². The summed E-state index contributed by atoms with van der Waals surface area (Å²) in [5, 5.41) is 22.1. The number of anilines is 2. The van der Waals surface area contributed by atoms with Gasteiger partial charge in [-0.3, -0.25) is 10.1 Å². The fraction of sp³-hybridized carbons (Fsp3) is 0.444. The van der Waals surface area contributed by atoms with E-state index in [1.54, 1.807) is 19.0 Å². The van der Waals surface area contributed by atoms with E-state index in [0.717, 1.165) is 0 Å². The number of hydrogen-bond acceptors (Lipinski definition) is 7. The first-order chi connectivity index (χ1) is 8.11. The maximum Gasteiger partial charge on any atom is 0.353 e. The van der Waals surface area contributed by atoms with E-state index in [4.69, 9.17) is 5.26 Å². The Bertz CT molecular complexity index is 455. The summed E-state index contributed by atoms with van der Waals surface area (Å²) in [7, 11) is 3.19. The van der Waals surface area contributed by atoms with Gasteiger partial charge in [-0.15, -0.1) is 0 Å². The quantitative estimate of drug-likeness (QED) is 0.594. The van der Waals surface area contributed by atoms with E-state index in [9.17, 15) is 10.1 Å². The van der Waals surface area contributed by atoms with E-state index in [1.165, 1.54) is 6.33 Å². The van der Waals surface area contributed by atoms with Crippen molar-refractivity contribution in [3.63, 3.8) is 0 Å². The summed E-state index contributed by atoms with van der Waals surface area (Å²) in [4.78, 5) is 19.7. The van der Waals surface area contributed by atoms with Crippen molar-refractivity contribution in [3.8, 4) is 6.07 Å². The van der Waals surface area contributed by atoms with Crippen molar-refractivity contribution >= 4 is 17.3 Å². The molecule has 90 valence electrons. The van der Waals surface area contributed by atoms with Crippen molar-refractivity contribution < 1.29 is 4.92 Å². The maximum absolute atomic E-state index is 11.0. The van der Waals surface area contributed by atoms with E-state index in [1.807, 2.05) is 6.07 Å². The minimum Gasteiger partial charge on any atom is -0.367 e. The zero-order valence-electron chi connectivity index (χ0n) is 9.54. The second-order valence-electron chi connectivity index (χ2n) is 3.23. The molecule has 1 aromatic rings. The van der Waals surface area contributed by atoms with Crippen molar-refractivity contribution in [2.45, 2.75) is 6.42 Å². The number of rotatable bonds is 5. The van der Waals surface area contributed by atoms with Crippen molar-refractivity contribution in [3.05, 3.63) is 16.4 Å². The SMILES string of the molecule is CNc1ncnc(N(C)CCC#N)c1[N+](=O)[O-]. The maximum atomic E-state index is 11.0. The molecule has 0 saturated heterocycles. The second kappa shape index (κ2) is 5.60. The molecule has 17 heavy (non-hydrogen) atoms. The van der Waals surface area contributed by atoms with Crippen LogP contribution in [0.2, 0.25) is 0 Å². The lowest BCUT2D eigenvalue weighted by Crippen LogP contribution is -2.21. The van der Waals surface area contributed by atoms with E-state index in [2.05, 4.69) is 15.3 Å². The van der Waals surface area contributed by atoms with Gasteiger partial charge in [0.15, 0.2) is 0 Å². The minimum absolute atomic E-state index is 0.156. The molecule has 0 aliphatic rings. The third-order valence-electron chi connectivity index (χ3n) is 2.14. The molecule has 0 atom stereocenters. The van der Waals surface area contributed by atoms with Gasteiger partial charge in [-0.1, -0.05) is 0 Å². The van der Waals surface area contributed by atoms with Crippen LogP contribution in [0.15, 0.2) is 6.33 Å². The first-order valence-corrected chi connectivity index (χ1v) is 4.87. The predicted molar refractivity (Wildman–Crippen MR) is 61.7 cm³/mol. The van der Waals surface area contributed by atoms with Gasteiger partial charge in [0.2, 0.25) is 11.6 Å². The van der Waals surface area contributed by atoms with Crippen LogP contribution in [-0.4, -0.2) is 35.5 Å². The fourth-order valence-electron chi connectivity index (χ4n) is 1.32. The lowest BCUT2D eigenvalue weighted by Gasteiger charge is -2.16. The van der Waals surface area contributed by atoms with Gasteiger partial charge in [0, 0.05) is 20.6 Å². The van der Waals surface area contributed by atoms with Gasteiger partial charge in [-0.05, 0) is 0 Å². The minimum atomic E-state index is -0.538. The molecular weight excluding hydrogens is 224 g/mol. The molecule has 0 aromatic carbocycles.